The minimum Gasteiger partial charge on any atom is -0.481 e. The number of aliphatic carboxylic acids is 1. The molecule has 0 fully saturated rings. The molecule has 0 aliphatic rings. The average Bonchev–Trinajstić information content (AvgIpc) is 2.61. The molecule has 0 aromatic carbocycles. The number of carboxylic acid groups (broad SMARTS) is 1. The second kappa shape index (κ2) is 5.02. The van der Waals surface area contributed by atoms with E-state index >= 15 is 0 Å². The van der Waals surface area contributed by atoms with Gasteiger partial charge in [0, 0.05) is 13.1 Å². The molecule has 0 bridgehead atoms. The van der Waals surface area contributed by atoms with E-state index in [0.29, 0.717) is 10.6 Å². The fraction of sp³-hybridized carbons (Fsp3) is 0.556. The number of nitrogens with zero attached hydrogens (tertiary/aromatic N) is 3. The van der Waals surface area contributed by atoms with Crippen molar-refractivity contribution in [3.8, 4) is 0 Å². The van der Waals surface area contributed by atoms with E-state index in [0.717, 1.165) is 11.5 Å². The summed E-state index contributed by atoms with van der Waals surface area (Å²) in [6.07, 6.45) is -0.0759. The second-order valence-corrected chi connectivity index (χ2v) is 4.30. The van der Waals surface area contributed by atoms with Gasteiger partial charge in [0.25, 0.3) is 5.91 Å². The zero-order valence-corrected chi connectivity index (χ0v) is 10.1. The molecular weight excluding hydrogens is 230 g/mol. The van der Waals surface area contributed by atoms with Crippen LogP contribution in [0.4, 0.5) is 0 Å². The minimum atomic E-state index is -0.925. The van der Waals surface area contributed by atoms with Gasteiger partial charge >= 0.3 is 5.97 Å². The van der Waals surface area contributed by atoms with Crippen LogP contribution in [0, 0.1) is 6.92 Å². The zero-order chi connectivity index (χ0) is 12.3. The number of carbonyl (C=O) groups is 2. The third-order valence-electron chi connectivity index (χ3n) is 2.30. The van der Waals surface area contributed by atoms with Gasteiger partial charge in [-0.15, -0.1) is 5.10 Å². The van der Waals surface area contributed by atoms with Crippen molar-refractivity contribution in [1.29, 1.82) is 0 Å². The topological polar surface area (TPSA) is 83.4 Å². The highest BCUT2D eigenvalue weighted by atomic mass is 32.1. The molecule has 1 heterocycles. The number of hydrogen-bond donors (Lipinski definition) is 1. The van der Waals surface area contributed by atoms with Crippen LogP contribution in [0.1, 0.15) is 28.7 Å². The summed E-state index contributed by atoms with van der Waals surface area (Å²) in [5, 5.41) is 12.4. The van der Waals surface area contributed by atoms with Crippen LogP contribution in [0.5, 0.6) is 0 Å². The predicted molar refractivity (Wildman–Crippen MR) is 58.5 cm³/mol. The molecule has 0 saturated heterocycles. The van der Waals surface area contributed by atoms with Gasteiger partial charge in [0.15, 0.2) is 0 Å². The average molecular weight is 243 g/mol. The lowest BCUT2D eigenvalue weighted by atomic mass is 10.2. The van der Waals surface area contributed by atoms with Gasteiger partial charge in [-0.05, 0) is 25.4 Å². The maximum atomic E-state index is 11.9. The van der Waals surface area contributed by atoms with Crippen molar-refractivity contribution in [3.63, 3.8) is 0 Å². The standard InChI is InChI=1S/C9H13N3O3S/c1-5(4-7(13)14)12(3)9(15)8-6(2)10-11-16-8/h5H,4H2,1-3H3,(H,13,14). The molecule has 0 aliphatic heterocycles. The molecule has 7 heteroatoms. The Balaban J connectivity index is 2.75. The summed E-state index contributed by atoms with van der Waals surface area (Å²) in [5.41, 5.74) is 0.573. The first-order valence-corrected chi connectivity index (χ1v) is 5.48. The Morgan fingerprint density at radius 3 is 2.62 bits per heavy atom. The number of hydrogen-bond acceptors (Lipinski definition) is 5. The van der Waals surface area contributed by atoms with Crippen LogP contribution in [0.15, 0.2) is 0 Å². The van der Waals surface area contributed by atoms with Gasteiger partial charge in [0.2, 0.25) is 0 Å². The monoisotopic (exact) mass is 243 g/mol. The summed E-state index contributed by atoms with van der Waals surface area (Å²) in [7, 11) is 1.58. The number of aryl methyl sites for hydroxylation is 1. The largest absolute Gasteiger partial charge is 0.481 e. The molecule has 1 N–H and O–H groups in total. The highest BCUT2D eigenvalue weighted by Crippen LogP contribution is 2.14. The molecule has 1 rings (SSSR count). The Morgan fingerprint density at radius 1 is 1.56 bits per heavy atom. The van der Waals surface area contributed by atoms with Crippen molar-refractivity contribution in [3.05, 3.63) is 10.6 Å². The van der Waals surface area contributed by atoms with Crippen LogP contribution in [0.25, 0.3) is 0 Å². The first-order chi connectivity index (χ1) is 7.43. The van der Waals surface area contributed by atoms with Gasteiger partial charge in [-0.1, -0.05) is 4.49 Å². The Bertz CT molecular complexity index is 404. The maximum Gasteiger partial charge on any atom is 0.305 e. The lowest BCUT2D eigenvalue weighted by Crippen LogP contribution is -2.36. The normalized spacial score (nSPS) is 12.2. The molecule has 0 spiro atoms. The molecule has 1 unspecified atom stereocenters. The Morgan fingerprint density at radius 2 is 2.19 bits per heavy atom. The van der Waals surface area contributed by atoms with Gasteiger partial charge in [-0.25, -0.2) is 0 Å². The van der Waals surface area contributed by atoms with E-state index in [2.05, 4.69) is 9.59 Å². The van der Waals surface area contributed by atoms with Gasteiger partial charge in [-0.2, -0.15) is 0 Å². The van der Waals surface area contributed by atoms with E-state index in [1.54, 1.807) is 20.9 Å². The van der Waals surface area contributed by atoms with Crippen molar-refractivity contribution in [2.24, 2.45) is 0 Å². The van der Waals surface area contributed by atoms with Crippen molar-refractivity contribution in [1.82, 2.24) is 14.5 Å². The van der Waals surface area contributed by atoms with Crippen LogP contribution >= 0.6 is 11.5 Å². The third kappa shape index (κ3) is 2.75. The first-order valence-electron chi connectivity index (χ1n) is 4.71. The highest BCUT2D eigenvalue weighted by Gasteiger charge is 2.22. The summed E-state index contributed by atoms with van der Waals surface area (Å²) in [5.74, 6) is -1.16. The summed E-state index contributed by atoms with van der Waals surface area (Å²) in [6, 6.07) is -0.355. The summed E-state index contributed by atoms with van der Waals surface area (Å²) >= 11 is 1.02. The SMILES string of the molecule is Cc1nnsc1C(=O)N(C)C(C)CC(=O)O. The van der Waals surface area contributed by atoms with Gasteiger partial charge < -0.3 is 10.0 Å². The molecular formula is C9H13N3O3S. The summed E-state index contributed by atoms with van der Waals surface area (Å²) < 4.78 is 3.67. The number of rotatable bonds is 4. The molecule has 1 atom stereocenters. The highest BCUT2D eigenvalue weighted by molar-refractivity contribution is 7.07. The van der Waals surface area contributed by atoms with Crippen molar-refractivity contribution in [2.75, 3.05) is 7.05 Å². The fourth-order valence-electron chi connectivity index (χ4n) is 1.18. The first kappa shape index (κ1) is 12.6. The van der Waals surface area contributed by atoms with Crippen LogP contribution in [0.2, 0.25) is 0 Å². The van der Waals surface area contributed by atoms with Crippen molar-refractivity contribution >= 4 is 23.4 Å². The quantitative estimate of drug-likeness (QED) is 0.845. The Kier molecular flexibility index (Phi) is 3.94. The molecule has 0 aliphatic carbocycles. The van der Waals surface area contributed by atoms with Gasteiger partial charge in [-0.3, -0.25) is 9.59 Å². The molecule has 1 aromatic heterocycles. The molecule has 0 radical (unpaired) electrons. The predicted octanol–water partition coefficient (Wildman–Crippen LogP) is 0.782. The van der Waals surface area contributed by atoms with Crippen molar-refractivity contribution < 1.29 is 14.7 Å². The smallest absolute Gasteiger partial charge is 0.305 e. The lowest BCUT2D eigenvalue weighted by Gasteiger charge is -2.22. The van der Waals surface area contributed by atoms with Crippen LogP contribution in [-0.2, 0) is 4.79 Å². The Labute approximate surface area is 97.1 Å². The molecule has 88 valence electrons. The molecule has 6 nitrogen and oxygen atoms in total. The minimum absolute atomic E-state index is 0.0759. The van der Waals surface area contributed by atoms with Crippen LogP contribution < -0.4 is 0 Å². The lowest BCUT2D eigenvalue weighted by molar-refractivity contribution is -0.137. The number of aromatic nitrogens is 2. The van der Waals surface area contributed by atoms with E-state index in [9.17, 15) is 9.59 Å². The van der Waals surface area contributed by atoms with Crippen LogP contribution in [-0.4, -0.2) is 44.6 Å². The van der Waals surface area contributed by atoms with E-state index in [-0.39, 0.29) is 18.4 Å². The molecule has 16 heavy (non-hydrogen) atoms. The number of amides is 1. The molecule has 1 amide bonds. The van der Waals surface area contributed by atoms with E-state index in [4.69, 9.17) is 5.11 Å². The van der Waals surface area contributed by atoms with Crippen molar-refractivity contribution in [2.45, 2.75) is 26.3 Å². The molecule has 0 saturated carbocycles. The fourth-order valence-corrected chi connectivity index (χ4v) is 1.82. The number of carboxylic acids is 1. The van der Waals surface area contributed by atoms with Gasteiger partial charge in [0.1, 0.15) is 4.88 Å². The summed E-state index contributed by atoms with van der Waals surface area (Å²) in [6.45, 7) is 3.39. The van der Waals surface area contributed by atoms with E-state index in [1.165, 1.54) is 4.90 Å². The summed E-state index contributed by atoms with van der Waals surface area (Å²) in [4.78, 5) is 24.3. The van der Waals surface area contributed by atoms with E-state index < -0.39 is 5.97 Å². The zero-order valence-electron chi connectivity index (χ0n) is 9.30. The van der Waals surface area contributed by atoms with Crippen LogP contribution in [0.3, 0.4) is 0 Å². The van der Waals surface area contributed by atoms with E-state index in [1.807, 2.05) is 0 Å². The molecule has 1 aromatic rings. The Hall–Kier alpha value is -1.50. The second-order valence-electron chi connectivity index (χ2n) is 3.55. The maximum absolute atomic E-state index is 11.9. The van der Waals surface area contributed by atoms with Gasteiger partial charge in [0.05, 0.1) is 12.1 Å². The third-order valence-corrected chi connectivity index (χ3v) is 3.11. The number of carbonyl (C=O) groups excluding carboxylic acids is 1.